The third-order valence-electron chi connectivity index (χ3n) is 2.09. The molecule has 0 atom stereocenters. The van der Waals surface area contributed by atoms with Gasteiger partial charge >= 0.3 is 6.18 Å². The topological polar surface area (TPSA) is 81.4 Å². The molecule has 0 saturated heterocycles. The number of nitrogens with two attached hydrogens (primary N) is 1. The van der Waals surface area contributed by atoms with Crippen molar-refractivity contribution in [3.8, 4) is 0 Å². The third kappa shape index (κ3) is 5.31. The predicted molar refractivity (Wildman–Crippen MR) is 62.9 cm³/mol. The number of benzene rings is 1. The third-order valence-corrected chi connectivity index (χ3v) is 3.55. The van der Waals surface area contributed by atoms with Gasteiger partial charge in [0.25, 0.3) is 0 Å². The normalized spacial score (nSPS) is 12.6. The molecule has 20 heavy (non-hydrogen) atoms. The highest BCUT2D eigenvalue weighted by molar-refractivity contribution is 7.89. The predicted octanol–water partition coefficient (Wildman–Crippen LogP) is 1.27. The Morgan fingerprint density at radius 1 is 1.30 bits per heavy atom. The summed E-state index contributed by atoms with van der Waals surface area (Å²) in [5.74, 6) is -0.902. The van der Waals surface area contributed by atoms with E-state index in [4.69, 9.17) is 5.73 Å². The lowest BCUT2D eigenvalue weighted by Gasteiger charge is -2.09. The molecule has 0 aliphatic carbocycles. The molecule has 3 N–H and O–H groups in total. The number of nitrogens with one attached hydrogen (secondary N) is 1. The Morgan fingerprint density at radius 3 is 2.50 bits per heavy atom. The molecule has 0 fully saturated rings. The molecule has 1 aromatic carbocycles. The lowest BCUT2D eigenvalue weighted by atomic mass is 10.3. The van der Waals surface area contributed by atoms with E-state index in [0.717, 1.165) is 12.1 Å². The summed E-state index contributed by atoms with van der Waals surface area (Å²) in [4.78, 5) is -0.375. The summed E-state index contributed by atoms with van der Waals surface area (Å²) >= 11 is 0. The summed E-state index contributed by atoms with van der Waals surface area (Å²) in [6, 6.07) is 2.87. The molecule has 1 rings (SSSR count). The molecule has 0 amide bonds. The summed E-state index contributed by atoms with van der Waals surface area (Å²) in [5, 5.41) is 0. The average molecular weight is 316 g/mol. The zero-order valence-corrected chi connectivity index (χ0v) is 10.9. The summed E-state index contributed by atoms with van der Waals surface area (Å²) in [7, 11) is -4.02. The van der Waals surface area contributed by atoms with E-state index < -0.39 is 35.2 Å². The van der Waals surface area contributed by atoms with Crippen molar-refractivity contribution in [3.63, 3.8) is 0 Å². The number of nitrogen functional groups attached to an aromatic ring is 1. The van der Waals surface area contributed by atoms with Crippen LogP contribution in [0.2, 0.25) is 0 Å². The van der Waals surface area contributed by atoms with Crippen LogP contribution in [0.1, 0.15) is 0 Å². The van der Waals surface area contributed by atoms with Gasteiger partial charge in [0.05, 0.1) is 17.2 Å². The Balaban J connectivity index is 2.52. The molecule has 0 spiro atoms. The van der Waals surface area contributed by atoms with Gasteiger partial charge in [-0.1, -0.05) is 0 Å². The first-order valence-corrected chi connectivity index (χ1v) is 6.79. The Kier molecular flexibility index (Phi) is 5.31. The Bertz CT molecular complexity index is 560. The molecule has 0 saturated carbocycles. The molecule has 0 aromatic heterocycles. The Labute approximate surface area is 112 Å². The largest absolute Gasteiger partial charge is 0.411 e. The molecule has 0 radical (unpaired) electrons. The highest BCUT2D eigenvalue weighted by Gasteiger charge is 2.27. The summed E-state index contributed by atoms with van der Waals surface area (Å²) in [6.07, 6.45) is -4.47. The molecule has 10 heteroatoms. The van der Waals surface area contributed by atoms with E-state index in [9.17, 15) is 26.0 Å². The molecule has 0 aliphatic heterocycles. The first kappa shape index (κ1) is 16.7. The Morgan fingerprint density at radius 2 is 1.95 bits per heavy atom. The second-order valence-electron chi connectivity index (χ2n) is 3.75. The molecule has 0 bridgehead atoms. The smallest absolute Gasteiger partial charge is 0.396 e. The van der Waals surface area contributed by atoms with E-state index in [0.29, 0.717) is 6.07 Å². The first-order chi connectivity index (χ1) is 9.12. The van der Waals surface area contributed by atoms with Crippen LogP contribution in [-0.2, 0) is 14.8 Å². The maximum atomic E-state index is 13.1. The van der Waals surface area contributed by atoms with Crippen molar-refractivity contribution >= 4 is 15.7 Å². The molecule has 0 aliphatic rings. The van der Waals surface area contributed by atoms with E-state index in [2.05, 4.69) is 4.74 Å². The first-order valence-electron chi connectivity index (χ1n) is 5.31. The maximum Gasteiger partial charge on any atom is 0.411 e. The van der Waals surface area contributed by atoms with E-state index in [1.54, 1.807) is 0 Å². The molecule has 5 nitrogen and oxygen atoms in total. The van der Waals surface area contributed by atoms with Crippen LogP contribution in [0.3, 0.4) is 0 Å². The summed E-state index contributed by atoms with van der Waals surface area (Å²) in [6.45, 7) is -2.30. The van der Waals surface area contributed by atoms with E-state index >= 15 is 0 Å². The van der Waals surface area contributed by atoms with E-state index in [1.165, 1.54) is 0 Å². The average Bonchev–Trinajstić information content (AvgIpc) is 2.30. The van der Waals surface area contributed by atoms with Crippen LogP contribution in [0, 0.1) is 5.82 Å². The fourth-order valence-electron chi connectivity index (χ4n) is 1.19. The van der Waals surface area contributed by atoms with Crippen LogP contribution >= 0.6 is 0 Å². The van der Waals surface area contributed by atoms with Crippen LogP contribution in [0.4, 0.5) is 23.2 Å². The van der Waals surface area contributed by atoms with Gasteiger partial charge in [0.15, 0.2) is 0 Å². The van der Waals surface area contributed by atoms with E-state index in [1.807, 2.05) is 4.72 Å². The maximum absolute atomic E-state index is 13.1. The minimum absolute atomic E-state index is 0.211. The van der Waals surface area contributed by atoms with Crippen LogP contribution in [-0.4, -0.2) is 34.4 Å². The van der Waals surface area contributed by atoms with Gasteiger partial charge in [0, 0.05) is 6.54 Å². The highest BCUT2D eigenvalue weighted by Crippen LogP contribution is 2.16. The van der Waals surface area contributed by atoms with Crippen molar-refractivity contribution in [1.29, 1.82) is 0 Å². The minimum atomic E-state index is -4.47. The van der Waals surface area contributed by atoms with Crippen molar-refractivity contribution in [2.24, 2.45) is 0 Å². The van der Waals surface area contributed by atoms with Crippen LogP contribution in [0.5, 0.6) is 0 Å². The SMILES string of the molecule is Nc1ccc(S(=O)(=O)NCCOCC(F)(F)F)cc1F. The monoisotopic (exact) mass is 316 g/mol. The van der Waals surface area contributed by atoms with Gasteiger partial charge in [-0.3, -0.25) is 0 Å². The molecule has 0 unspecified atom stereocenters. The van der Waals surface area contributed by atoms with Gasteiger partial charge in [-0.25, -0.2) is 17.5 Å². The van der Waals surface area contributed by atoms with Gasteiger partial charge < -0.3 is 10.5 Å². The number of hydrogen-bond acceptors (Lipinski definition) is 4. The number of halogens is 4. The highest BCUT2D eigenvalue weighted by atomic mass is 32.2. The lowest BCUT2D eigenvalue weighted by Crippen LogP contribution is -2.29. The fourth-order valence-corrected chi connectivity index (χ4v) is 2.22. The molecule has 0 heterocycles. The fraction of sp³-hybridized carbons (Fsp3) is 0.400. The van der Waals surface area contributed by atoms with Gasteiger partial charge in [0.2, 0.25) is 10.0 Å². The summed E-state index contributed by atoms with van der Waals surface area (Å²) in [5.41, 5.74) is 4.98. The number of sulfonamides is 1. The standard InChI is InChI=1S/C10H12F4N2O3S/c11-8-5-7(1-2-9(8)15)20(17,18)16-3-4-19-6-10(12,13)14/h1-2,5,16H,3-4,6,15H2. The van der Waals surface area contributed by atoms with Crippen LogP contribution in [0.15, 0.2) is 23.1 Å². The van der Waals surface area contributed by atoms with Crippen molar-refractivity contribution in [2.75, 3.05) is 25.5 Å². The quantitative estimate of drug-likeness (QED) is 0.470. The van der Waals surface area contributed by atoms with Crippen LogP contribution < -0.4 is 10.5 Å². The van der Waals surface area contributed by atoms with Crippen molar-refractivity contribution in [1.82, 2.24) is 4.72 Å². The van der Waals surface area contributed by atoms with Crippen LogP contribution in [0.25, 0.3) is 0 Å². The van der Waals surface area contributed by atoms with Gasteiger partial charge in [-0.15, -0.1) is 0 Å². The van der Waals surface area contributed by atoms with Gasteiger partial charge in [0.1, 0.15) is 12.4 Å². The number of alkyl halides is 3. The lowest BCUT2D eigenvalue weighted by molar-refractivity contribution is -0.173. The molecular formula is C10H12F4N2O3S. The van der Waals surface area contributed by atoms with Crippen molar-refractivity contribution in [2.45, 2.75) is 11.1 Å². The Hall–Kier alpha value is -1.39. The van der Waals surface area contributed by atoms with Crippen molar-refractivity contribution in [3.05, 3.63) is 24.0 Å². The second-order valence-corrected chi connectivity index (χ2v) is 5.52. The molecule has 114 valence electrons. The number of rotatable bonds is 6. The van der Waals surface area contributed by atoms with Gasteiger partial charge in [-0.2, -0.15) is 13.2 Å². The zero-order chi connectivity index (χ0) is 15.4. The zero-order valence-electron chi connectivity index (χ0n) is 10.1. The number of ether oxygens (including phenoxy) is 1. The summed E-state index contributed by atoms with van der Waals surface area (Å²) < 4.78 is 77.9. The second kappa shape index (κ2) is 6.37. The molecule has 1 aromatic rings. The number of hydrogen-bond donors (Lipinski definition) is 2. The van der Waals surface area contributed by atoms with E-state index in [-0.39, 0.29) is 17.1 Å². The molecular weight excluding hydrogens is 304 g/mol. The number of anilines is 1. The minimum Gasteiger partial charge on any atom is -0.396 e. The van der Waals surface area contributed by atoms with Gasteiger partial charge in [-0.05, 0) is 18.2 Å². The van der Waals surface area contributed by atoms with Crippen molar-refractivity contribution < 1.29 is 30.7 Å².